The fraction of sp³-hybridized carbons (Fsp3) is 0.280. The summed E-state index contributed by atoms with van der Waals surface area (Å²) in [6.45, 7) is 14.5. The molecule has 0 saturated heterocycles. The van der Waals surface area contributed by atoms with Gasteiger partial charge in [0.25, 0.3) is 0 Å². The van der Waals surface area contributed by atoms with E-state index in [0.29, 0.717) is 11.6 Å². The van der Waals surface area contributed by atoms with Crippen molar-refractivity contribution in [3.8, 4) is 11.3 Å². The molecule has 6 heteroatoms. The van der Waals surface area contributed by atoms with Crippen molar-refractivity contribution in [2.45, 2.75) is 39.5 Å². The third-order valence-corrected chi connectivity index (χ3v) is 5.61. The smallest absolute Gasteiger partial charge is 0.205 e. The molecule has 0 aliphatic heterocycles. The van der Waals surface area contributed by atoms with E-state index in [4.69, 9.17) is 11.6 Å². The van der Waals surface area contributed by atoms with Gasteiger partial charge in [-0.05, 0) is 37.3 Å². The Morgan fingerprint density at radius 3 is 2.71 bits per heavy atom. The van der Waals surface area contributed by atoms with Gasteiger partial charge in [-0.1, -0.05) is 43.7 Å². The molecule has 0 bridgehead atoms. The second-order valence-electron chi connectivity index (χ2n) is 7.87. The van der Waals surface area contributed by atoms with Crippen molar-refractivity contribution in [2.75, 3.05) is 11.9 Å². The summed E-state index contributed by atoms with van der Waals surface area (Å²) in [5.74, 6) is 1.12. The van der Waals surface area contributed by atoms with Gasteiger partial charge in [0.1, 0.15) is 0 Å². The summed E-state index contributed by atoms with van der Waals surface area (Å²) in [5.41, 5.74) is 6.60. The topological polar surface area (TPSA) is 59.5 Å². The predicted molar refractivity (Wildman–Crippen MR) is 125 cm³/mol. The number of imidazole rings is 1. The van der Waals surface area contributed by atoms with Crippen molar-refractivity contribution in [1.29, 1.82) is 0 Å². The van der Waals surface area contributed by atoms with Crippen LogP contribution in [0.1, 0.15) is 43.0 Å². The number of nitrogens with zero attached hydrogens (tertiary/aromatic N) is 5. The molecule has 0 fully saturated rings. The Morgan fingerprint density at radius 1 is 1.16 bits per heavy atom. The Morgan fingerprint density at radius 2 is 1.97 bits per heavy atom. The molecular weight excluding hydrogens is 384 g/mol. The second-order valence-corrected chi connectivity index (χ2v) is 7.87. The predicted octanol–water partition coefficient (Wildman–Crippen LogP) is 5.82. The van der Waals surface area contributed by atoms with E-state index in [0.717, 1.165) is 47.8 Å². The van der Waals surface area contributed by atoms with Crippen LogP contribution in [0.25, 0.3) is 21.7 Å². The Hall–Kier alpha value is -3.72. The van der Waals surface area contributed by atoms with Gasteiger partial charge in [0.15, 0.2) is 11.5 Å². The lowest BCUT2D eigenvalue weighted by molar-refractivity contribution is 0.700. The van der Waals surface area contributed by atoms with Crippen LogP contribution in [0.2, 0.25) is 0 Å². The van der Waals surface area contributed by atoms with Crippen LogP contribution >= 0.6 is 0 Å². The number of rotatable bonds is 7. The van der Waals surface area contributed by atoms with Crippen molar-refractivity contribution in [3.05, 3.63) is 83.4 Å². The van der Waals surface area contributed by atoms with Gasteiger partial charge in [-0.2, -0.15) is 0 Å². The van der Waals surface area contributed by atoms with E-state index >= 15 is 0 Å². The van der Waals surface area contributed by atoms with Crippen molar-refractivity contribution in [3.63, 3.8) is 0 Å². The Labute approximate surface area is 182 Å². The standard InChI is InChI=1S/C25H26N6/c1-5-18(3)23-15-29-25-24(28-11-10-19-8-6-17(2)7-9-19)30-22(16-31(23)25)20-12-21(26-4)14-27-13-20/h6-9,12-16,18H,5,10-11H2,1-3H3,(H,28,30). The Kier molecular flexibility index (Phi) is 5.94. The van der Waals surface area contributed by atoms with E-state index in [2.05, 4.69) is 69.6 Å². The van der Waals surface area contributed by atoms with Gasteiger partial charge in [0.05, 0.1) is 12.3 Å². The molecule has 6 nitrogen and oxygen atoms in total. The SMILES string of the molecule is [C-]#[N+]c1cncc(-c2cn3c(C(C)CC)cnc3c(NCCc3ccc(C)cc3)n2)c1. The molecule has 0 saturated carbocycles. The highest BCUT2D eigenvalue weighted by atomic mass is 15.1. The van der Waals surface area contributed by atoms with Crippen LogP contribution in [0.15, 0.2) is 55.1 Å². The lowest BCUT2D eigenvalue weighted by atomic mass is 10.1. The zero-order valence-electron chi connectivity index (χ0n) is 18.1. The first-order valence-electron chi connectivity index (χ1n) is 10.6. The highest BCUT2D eigenvalue weighted by Gasteiger charge is 2.16. The summed E-state index contributed by atoms with van der Waals surface area (Å²) in [7, 11) is 0. The van der Waals surface area contributed by atoms with Crippen molar-refractivity contribution in [2.24, 2.45) is 0 Å². The molecule has 1 unspecified atom stereocenters. The van der Waals surface area contributed by atoms with E-state index in [1.54, 1.807) is 12.4 Å². The quantitative estimate of drug-likeness (QED) is 0.390. The second kappa shape index (κ2) is 8.97. The Balaban J connectivity index is 1.71. The van der Waals surface area contributed by atoms with Gasteiger partial charge < -0.3 is 5.32 Å². The van der Waals surface area contributed by atoms with Crippen LogP contribution in [0.3, 0.4) is 0 Å². The first-order valence-corrected chi connectivity index (χ1v) is 10.6. The first-order chi connectivity index (χ1) is 15.1. The van der Waals surface area contributed by atoms with Gasteiger partial charge in [-0.15, -0.1) is 0 Å². The monoisotopic (exact) mass is 410 g/mol. The molecular formula is C25H26N6. The fourth-order valence-corrected chi connectivity index (χ4v) is 3.55. The third kappa shape index (κ3) is 4.41. The molecule has 0 aliphatic carbocycles. The molecule has 3 heterocycles. The van der Waals surface area contributed by atoms with Crippen LogP contribution in [0, 0.1) is 13.5 Å². The molecule has 0 amide bonds. The van der Waals surface area contributed by atoms with E-state index in [9.17, 15) is 0 Å². The van der Waals surface area contributed by atoms with Crippen molar-refractivity contribution < 1.29 is 0 Å². The maximum Gasteiger partial charge on any atom is 0.205 e. The molecule has 31 heavy (non-hydrogen) atoms. The zero-order chi connectivity index (χ0) is 21.8. The number of pyridine rings is 1. The number of fused-ring (bicyclic) bond motifs is 1. The maximum absolute atomic E-state index is 7.29. The molecule has 0 aliphatic rings. The summed E-state index contributed by atoms with van der Waals surface area (Å²) in [6.07, 6.45) is 9.17. The van der Waals surface area contributed by atoms with Crippen LogP contribution < -0.4 is 5.32 Å². The molecule has 1 aromatic carbocycles. The Bertz CT molecular complexity index is 1230. The number of nitrogens with one attached hydrogen (secondary N) is 1. The average Bonchev–Trinajstić information content (AvgIpc) is 3.24. The normalized spacial score (nSPS) is 11.9. The number of anilines is 1. The molecule has 1 atom stereocenters. The summed E-state index contributed by atoms with van der Waals surface area (Å²) in [6, 6.07) is 10.4. The highest BCUT2D eigenvalue weighted by molar-refractivity contribution is 5.71. The molecule has 1 N–H and O–H groups in total. The zero-order valence-corrected chi connectivity index (χ0v) is 18.1. The lowest BCUT2D eigenvalue weighted by Gasteiger charge is -2.13. The third-order valence-electron chi connectivity index (χ3n) is 5.61. The van der Waals surface area contributed by atoms with Gasteiger partial charge in [0.2, 0.25) is 5.69 Å². The van der Waals surface area contributed by atoms with Gasteiger partial charge in [-0.3, -0.25) is 9.38 Å². The number of benzene rings is 1. The largest absolute Gasteiger partial charge is 0.367 e. The van der Waals surface area contributed by atoms with Crippen molar-refractivity contribution >= 4 is 17.2 Å². The molecule has 4 aromatic rings. The van der Waals surface area contributed by atoms with Crippen LogP contribution in [-0.4, -0.2) is 25.9 Å². The maximum atomic E-state index is 7.29. The highest BCUT2D eigenvalue weighted by Crippen LogP contribution is 2.28. The summed E-state index contributed by atoms with van der Waals surface area (Å²) in [4.78, 5) is 17.2. The van der Waals surface area contributed by atoms with E-state index < -0.39 is 0 Å². The summed E-state index contributed by atoms with van der Waals surface area (Å²) >= 11 is 0. The first kappa shape index (κ1) is 20.5. The average molecular weight is 411 g/mol. The van der Waals surface area contributed by atoms with E-state index in [-0.39, 0.29) is 0 Å². The minimum atomic E-state index is 0.373. The summed E-state index contributed by atoms with van der Waals surface area (Å²) < 4.78 is 2.12. The van der Waals surface area contributed by atoms with E-state index in [1.807, 2.05) is 18.5 Å². The fourth-order valence-electron chi connectivity index (χ4n) is 3.55. The van der Waals surface area contributed by atoms with Gasteiger partial charge in [-0.25, -0.2) is 14.8 Å². The molecule has 0 spiro atoms. The molecule has 0 radical (unpaired) electrons. The van der Waals surface area contributed by atoms with Crippen LogP contribution in [0.5, 0.6) is 0 Å². The van der Waals surface area contributed by atoms with Crippen molar-refractivity contribution in [1.82, 2.24) is 19.4 Å². The summed E-state index contributed by atoms with van der Waals surface area (Å²) in [5, 5.41) is 3.48. The van der Waals surface area contributed by atoms with E-state index in [1.165, 1.54) is 11.1 Å². The van der Waals surface area contributed by atoms with Crippen LogP contribution in [0.4, 0.5) is 11.5 Å². The molecule has 3 aromatic heterocycles. The van der Waals surface area contributed by atoms with Gasteiger partial charge >= 0.3 is 0 Å². The number of aromatic nitrogens is 4. The van der Waals surface area contributed by atoms with Crippen LogP contribution in [-0.2, 0) is 6.42 Å². The minimum Gasteiger partial charge on any atom is -0.367 e. The number of aryl methyl sites for hydroxylation is 1. The molecule has 156 valence electrons. The number of hydrogen-bond acceptors (Lipinski definition) is 4. The minimum absolute atomic E-state index is 0.373. The molecule has 4 rings (SSSR count). The van der Waals surface area contributed by atoms with Gasteiger partial charge in [0, 0.05) is 42.6 Å². The lowest BCUT2D eigenvalue weighted by Crippen LogP contribution is -2.09. The number of hydrogen-bond donors (Lipinski definition) is 1.